The van der Waals surface area contributed by atoms with Crippen molar-refractivity contribution >= 4 is 0 Å². The molecule has 0 aliphatic rings. The third-order valence-electron chi connectivity index (χ3n) is 2.88. The average Bonchev–Trinajstić information content (AvgIpc) is 2.26. The van der Waals surface area contributed by atoms with Crippen LogP contribution in [-0.4, -0.2) is 24.9 Å². The summed E-state index contributed by atoms with van der Waals surface area (Å²) in [5, 5.41) is 10.4. The Kier molecular flexibility index (Phi) is 5.03. The number of hydrogen-bond acceptors (Lipinski definition) is 3. The quantitative estimate of drug-likeness (QED) is 0.845. The lowest BCUT2D eigenvalue weighted by Gasteiger charge is -2.25. The van der Waals surface area contributed by atoms with E-state index in [0.29, 0.717) is 23.8 Å². The van der Waals surface area contributed by atoms with E-state index >= 15 is 0 Å². The van der Waals surface area contributed by atoms with Gasteiger partial charge in [0.15, 0.2) is 11.5 Å². The number of benzene rings is 1. The van der Waals surface area contributed by atoms with E-state index in [1.807, 2.05) is 25.1 Å². The van der Waals surface area contributed by atoms with Crippen molar-refractivity contribution in [2.75, 3.05) is 14.2 Å². The van der Waals surface area contributed by atoms with Crippen LogP contribution in [0.1, 0.15) is 32.8 Å². The van der Waals surface area contributed by atoms with E-state index in [-0.39, 0.29) is 0 Å². The highest BCUT2D eigenvalue weighted by atomic mass is 16.5. The van der Waals surface area contributed by atoms with Crippen molar-refractivity contribution in [1.82, 2.24) is 0 Å². The zero-order valence-electron chi connectivity index (χ0n) is 12.0. The van der Waals surface area contributed by atoms with Gasteiger partial charge in [0, 0.05) is 6.42 Å². The Morgan fingerprint density at radius 2 is 1.78 bits per heavy atom. The highest BCUT2D eigenvalue weighted by Crippen LogP contribution is 2.30. The van der Waals surface area contributed by atoms with Gasteiger partial charge >= 0.3 is 0 Å². The molecule has 1 atom stereocenters. The van der Waals surface area contributed by atoms with E-state index in [9.17, 15) is 5.11 Å². The van der Waals surface area contributed by atoms with Crippen LogP contribution in [0.2, 0.25) is 0 Å². The Hall–Kier alpha value is -1.22. The van der Waals surface area contributed by atoms with Crippen LogP contribution >= 0.6 is 0 Å². The minimum absolute atomic E-state index is 0.472. The van der Waals surface area contributed by atoms with Crippen molar-refractivity contribution < 1.29 is 14.6 Å². The zero-order valence-corrected chi connectivity index (χ0v) is 12.0. The molecule has 1 aromatic rings. The lowest BCUT2D eigenvalue weighted by molar-refractivity contribution is 0.0388. The van der Waals surface area contributed by atoms with Crippen LogP contribution in [0.3, 0.4) is 0 Å². The maximum Gasteiger partial charge on any atom is 0.160 e. The average molecular weight is 252 g/mol. The van der Waals surface area contributed by atoms with Gasteiger partial charge in [-0.2, -0.15) is 0 Å². The molecule has 102 valence electrons. The summed E-state index contributed by atoms with van der Waals surface area (Å²) >= 11 is 0. The van der Waals surface area contributed by atoms with E-state index in [1.54, 1.807) is 14.2 Å². The fourth-order valence-electron chi connectivity index (χ4n) is 2.38. The van der Waals surface area contributed by atoms with Crippen LogP contribution in [0, 0.1) is 5.92 Å². The lowest BCUT2D eigenvalue weighted by atomic mass is 9.88. The molecule has 0 aliphatic heterocycles. The molecule has 18 heavy (non-hydrogen) atoms. The van der Waals surface area contributed by atoms with Crippen molar-refractivity contribution in [2.45, 2.75) is 39.2 Å². The SMILES string of the molecule is COc1ccc(CC(C)(O)CC(C)C)cc1OC. The largest absolute Gasteiger partial charge is 0.493 e. The van der Waals surface area contributed by atoms with Crippen molar-refractivity contribution in [3.63, 3.8) is 0 Å². The molecular weight excluding hydrogens is 228 g/mol. The maximum atomic E-state index is 10.4. The van der Waals surface area contributed by atoms with Gasteiger partial charge in [0.2, 0.25) is 0 Å². The molecule has 3 heteroatoms. The van der Waals surface area contributed by atoms with Crippen LogP contribution < -0.4 is 9.47 Å². The second-order valence-electron chi connectivity index (χ2n) is 5.46. The summed E-state index contributed by atoms with van der Waals surface area (Å²) in [5.74, 6) is 1.89. The van der Waals surface area contributed by atoms with E-state index < -0.39 is 5.60 Å². The smallest absolute Gasteiger partial charge is 0.160 e. The molecule has 0 bridgehead atoms. The first-order chi connectivity index (χ1) is 8.38. The van der Waals surface area contributed by atoms with Crippen molar-refractivity contribution in [1.29, 1.82) is 0 Å². The van der Waals surface area contributed by atoms with E-state index in [1.165, 1.54) is 0 Å². The highest BCUT2D eigenvalue weighted by molar-refractivity contribution is 5.43. The number of ether oxygens (including phenoxy) is 2. The lowest BCUT2D eigenvalue weighted by Crippen LogP contribution is -2.29. The van der Waals surface area contributed by atoms with Gasteiger partial charge in [-0.15, -0.1) is 0 Å². The third kappa shape index (κ3) is 4.22. The Bertz CT molecular complexity index is 383. The maximum absolute atomic E-state index is 10.4. The first-order valence-electron chi connectivity index (χ1n) is 6.31. The summed E-state index contributed by atoms with van der Waals surface area (Å²) < 4.78 is 10.5. The Morgan fingerprint density at radius 3 is 2.28 bits per heavy atom. The number of methoxy groups -OCH3 is 2. The molecule has 1 rings (SSSR count). The Morgan fingerprint density at radius 1 is 1.17 bits per heavy atom. The number of aliphatic hydroxyl groups is 1. The fourth-order valence-corrected chi connectivity index (χ4v) is 2.38. The van der Waals surface area contributed by atoms with Crippen molar-refractivity contribution in [3.05, 3.63) is 23.8 Å². The normalized spacial score (nSPS) is 14.4. The third-order valence-corrected chi connectivity index (χ3v) is 2.88. The summed E-state index contributed by atoms with van der Waals surface area (Å²) in [4.78, 5) is 0. The molecule has 0 saturated carbocycles. The number of rotatable bonds is 6. The van der Waals surface area contributed by atoms with E-state index in [2.05, 4.69) is 13.8 Å². The molecule has 0 heterocycles. The molecule has 1 N–H and O–H groups in total. The minimum atomic E-state index is -0.687. The minimum Gasteiger partial charge on any atom is -0.493 e. The summed E-state index contributed by atoms with van der Waals surface area (Å²) in [6, 6.07) is 5.77. The summed E-state index contributed by atoms with van der Waals surface area (Å²) in [6.07, 6.45) is 1.40. The molecule has 1 aromatic carbocycles. The van der Waals surface area contributed by atoms with Crippen LogP contribution in [0.4, 0.5) is 0 Å². The van der Waals surface area contributed by atoms with E-state index in [4.69, 9.17) is 9.47 Å². The zero-order chi connectivity index (χ0) is 13.8. The molecule has 1 unspecified atom stereocenters. The van der Waals surface area contributed by atoms with Gasteiger partial charge in [-0.1, -0.05) is 19.9 Å². The second-order valence-corrected chi connectivity index (χ2v) is 5.46. The highest BCUT2D eigenvalue weighted by Gasteiger charge is 2.22. The van der Waals surface area contributed by atoms with Crippen LogP contribution in [0.25, 0.3) is 0 Å². The molecule has 0 fully saturated rings. The molecule has 0 amide bonds. The van der Waals surface area contributed by atoms with Gasteiger partial charge in [0.25, 0.3) is 0 Å². The molecule has 0 spiro atoms. The van der Waals surface area contributed by atoms with Crippen LogP contribution in [0.15, 0.2) is 18.2 Å². The van der Waals surface area contributed by atoms with Gasteiger partial charge in [-0.25, -0.2) is 0 Å². The standard InChI is InChI=1S/C15H24O3/c1-11(2)9-15(3,16)10-12-6-7-13(17-4)14(8-12)18-5/h6-8,11,16H,9-10H2,1-5H3. The molecule has 0 aliphatic carbocycles. The summed E-state index contributed by atoms with van der Waals surface area (Å²) in [7, 11) is 3.24. The predicted molar refractivity (Wildman–Crippen MR) is 73.3 cm³/mol. The Balaban J connectivity index is 2.85. The number of hydrogen-bond donors (Lipinski definition) is 1. The van der Waals surface area contributed by atoms with Gasteiger partial charge in [-0.05, 0) is 37.0 Å². The Labute approximate surface area is 110 Å². The van der Waals surface area contributed by atoms with Gasteiger partial charge in [0.1, 0.15) is 0 Å². The van der Waals surface area contributed by atoms with Gasteiger partial charge in [-0.3, -0.25) is 0 Å². The fraction of sp³-hybridized carbons (Fsp3) is 0.600. The van der Waals surface area contributed by atoms with E-state index in [0.717, 1.165) is 12.0 Å². The van der Waals surface area contributed by atoms with Crippen LogP contribution in [0.5, 0.6) is 11.5 Å². The molecule has 3 nitrogen and oxygen atoms in total. The van der Waals surface area contributed by atoms with Crippen LogP contribution in [-0.2, 0) is 6.42 Å². The first kappa shape index (κ1) is 14.8. The molecule has 0 radical (unpaired) electrons. The second kappa shape index (κ2) is 6.10. The summed E-state index contributed by atoms with van der Waals surface area (Å²) in [6.45, 7) is 6.11. The van der Waals surface area contributed by atoms with Gasteiger partial charge in [0.05, 0.1) is 19.8 Å². The molecule has 0 saturated heterocycles. The van der Waals surface area contributed by atoms with Crippen molar-refractivity contribution in [3.8, 4) is 11.5 Å². The predicted octanol–water partition coefficient (Wildman–Crippen LogP) is 3.04. The van der Waals surface area contributed by atoms with Gasteiger partial charge < -0.3 is 14.6 Å². The molecule has 0 aromatic heterocycles. The summed E-state index contributed by atoms with van der Waals surface area (Å²) in [5.41, 5.74) is 0.367. The molecular formula is C15H24O3. The monoisotopic (exact) mass is 252 g/mol. The first-order valence-corrected chi connectivity index (χ1v) is 6.31. The van der Waals surface area contributed by atoms with Crippen molar-refractivity contribution in [2.24, 2.45) is 5.92 Å². The topological polar surface area (TPSA) is 38.7 Å².